The Labute approximate surface area is 103 Å². The van der Waals surface area contributed by atoms with Crippen LogP contribution in [0.4, 0.5) is 14.5 Å². The fraction of sp³-hybridized carbons (Fsp3) is 0.417. The van der Waals surface area contributed by atoms with Crippen molar-refractivity contribution >= 4 is 11.6 Å². The molecule has 1 amide bonds. The van der Waals surface area contributed by atoms with E-state index in [9.17, 15) is 13.6 Å². The van der Waals surface area contributed by atoms with Crippen LogP contribution >= 0.6 is 0 Å². The first-order valence-corrected chi connectivity index (χ1v) is 5.72. The van der Waals surface area contributed by atoms with Crippen molar-refractivity contribution in [2.45, 2.75) is 12.5 Å². The molecule has 1 unspecified atom stereocenters. The molecule has 1 aromatic rings. The summed E-state index contributed by atoms with van der Waals surface area (Å²) in [6.07, 6.45) is -0.0636. The van der Waals surface area contributed by atoms with E-state index in [4.69, 9.17) is 4.74 Å². The molecule has 0 aliphatic carbocycles. The molecule has 0 aromatic heterocycles. The van der Waals surface area contributed by atoms with Gasteiger partial charge in [-0.05, 0) is 12.1 Å². The monoisotopic (exact) mass is 256 g/mol. The number of ether oxygens (including phenoxy) is 1. The summed E-state index contributed by atoms with van der Waals surface area (Å²) < 4.78 is 31.3. The third-order valence-corrected chi connectivity index (χ3v) is 2.62. The Morgan fingerprint density at radius 2 is 2.33 bits per heavy atom. The molecule has 98 valence electrons. The zero-order valence-corrected chi connectivity index (χ0v) is 9.71. The maximum Gasteiger partial charge on any atom is 0.227 e. The Morgan fingerprint density at radius 3 is 3.00 bits per heavy atom. The minimum atomic E-state index is -0.786. The molecule has 0 spiro atoms. The van der Waals surface area contributed by atoms with Crippen LogP contribution in [0, 0.1) is 11.6 Å². The highest BCUT2D eigenvalue weighted by atomic mass is 19.1. The van der Waals surface area contributed by atoms with E-state index in [0.717, 1.165) is 18.7 Å². The van der Waals surface area contributed by atoms with Gasteiger partial charge in [-0.2, -0.15) is 0 Å². The van der Waals surface area contributed by atoms with Crippen molar-refractivity contribution < 1.29 is 18.3 Å². The number of amides is 1. The smallest absolute Gasteiger partial charge is 0.227 e. The Morgan fingerprint density at radius 1 is 1.50 bits per heavy atom. The van der Waals surface area contributed by atoms with Crippen LogP contribution < -0.4 is 10.6 Å². The number of nitrogens with one attached hydrogen (secondary N) is 2. The minimum absolute atomic E-state index is 0.0230. The molecule has 1 heterocycles. The predicted octanol–water partition coefficient (Wildman–Crippen LogP) is 1.28. The van der Waals surface area contributed by atoms with E-state index in [1.807, 2.05) is 0 Å². The largest absolute Gasteiger partial charge is 0.375 e. The second-order valence-electron chi connectivity index (χ2n) is 4.07. The average Bonchev–Trinajstić information content (AvgIpc) is 2.34. The van der Waals surface area contributed by atoms with Gasteiger partial charge in [-0.25, -0.2) is 8.78 Å². The lowest BCUT2D eigenvalue weighted by molar-refractivity contribution is -0.119. The van der Waals surface area contributed by atoms with Crippen molar-refractivity contribution in [3.8, 4) is 0 Å². The van der Waals surface area contributed by atoms with Crippen molar-refractivity contribution in [2.24, 2.45) is 0 Å². The number of hydrogen-bond donors (Lipinski definition) is 2. The molecule has 2 N–H and O–H groups in total. The van der Waals surface area contributed by atoms with E-state index in [1.165, 1.54) is 6.07 Å². The lowest BCUT2D eigenvalue weighted by Gasteiger charge is -2.23. The predicted molar refractivity (Wildman–Crippen MR) is 62.2 cm³/mol. The normalized spacial score (nSPS) is 19.6. The highest BCUT2D eigenvalue weighted by molar-refractivity contribution is 5.91. The van der Waals surface area contributed by atoms with Crippen LogP contribution in [0.5, 0.6) is 0 Å². The van der Waals surface area contributed by atoms with Gasteiger partial charge in [-0.15, -0.1) is 0 Å². The molecular formula is C12H14F2N2O2. The van der Waals surface area contributed by atoms with Crippen LogP contribution in [0.25, 0.3) is 0 Å². The van der Waals surface area contributed by atoms with Gasteiger partial charge in [0.25, 0.3) is 0 Å². The van der Waals surface area contributed by atoms with Gasteiger partial charge in [0.15, 0.2) is 0 Å². The molecule has 0 bridgehead atoms. The molecule has 1 aromatic carbocycles. The van der Waals surface area contributed by atoms with Crippen molar-refractivity contribution in [1.29, 1.82) is 0 Å². The minimum Gasteiger partial charge on any atom is -0.375 e. The molecule has 1 saturated heterocycles. The number of anilines is 1. The first-order valence-electron chi connectivity index (χ1n) is 5.72. The average molecular weight is 256 g/mol. The van der Waals surface area contributed by atoms with Crippen LogP contribution in [0.2, 0.25) is 0 Å². The van der Waals surface area contributed by atoms with Crippen molar-refractivity contribution in [2.75, 3.05) is 25.0 Å². The molecule has 1 atom stereocenters. The number of hydrogen-bond acceptors (Lipinski definition) is 3. The Kier molecular flexibility index (Phi) is 4.22. The quantitative estimate of drug-likeness (QED) is 0.856. The van der Waals surface area contributed by atoms with Gasteiger partial charge in [0.2, 0.25) is 5.91 Å². The second kappa shape index (κ2) is 5.88. The van der Waals surface area contributed by atoms with Gasteiger partial charge in [-0.3, -0.25) is 4.79 Å². The molecule has 0 saturated carbocycles. The SMILES string of the molecule is O=C(CC1CNCCO1)Nc1ccc(F)cc1F. The molecule has 1 aliphatic rings. The number of morpholine rings is 1. The van der Waals surface area contributed by atoms with Gasteiger partial charge >= 0.3 is 0 Å². The van der Waals surface area contributed by atoms with Crippen molar-refractivity contribution in [3.05, 3.63) is 29.8 Å². The van der Waals surface area contributed by atoms with Gasteiger partial charge in [0.05, 0.1) is 24.8 Å². The molecule has 18 heavy (non-hydrogen) atoms. The lowest BCUT2D eigenvalue weighted by atomic mass is 10.2. The molecule has 1 fully saturated rings. The summed E-state index contributed by atoms with van der Waals surface area (Å²) in [7, 11) is 0. The highest BCUT2D eigenvalue weighted by Gasteiger charge is 2.18. The summed E-state index contributed by atoms with van der Waals surface area (Å²) >= 11 is 0. The third-order valence-electron chi connectivity index (χ3n) is 2.62. The van der Waals surface area contributed by atoms with E-state index < -0.39 is 11.6 Å². The maximum atomic E-state index is 13.3. The fourth-order valence-corrected chi connectivity index (χ4v) is 1.75. The fourth-order valence-electron chi connectivity index (χ4n) is 1.75. The molecule has 2 rings (SSSR count). The molecule has 4 nitrogen and oxygen atoms in total. The number of benzene rings is 1. The summed E-state index contributed by atoms with van der Waals surface area (Å²) in [4.78, 5) is 11.6. The Hall–Kier alpha value is -1.53. The second-order valence-corrected chi connectivity index (χ2v) is 4.07. The summed E-state index contributed by atoms with van der Waals surface area (Å²) in [5, 5.41) is 5.49. The molecule has 1 aliphatic heterocycles. The lowest BCUT2D eigenvalue weighted by Crippen LogP contribution is -2.40. The van der Waals surface area contributed by atoms with E-state index in [0.29, 0.717) is 13.2 Å². The van der Waals surface area contributed by atoms with Crippen LogP contribution in [0.3, 0.4) is 0 Å². The first-order chi connectivity index (χ1) is 8.65. The van der Waals surface area contributed by atoms with Crippen LogP contribution in [0.1, 0.15) is 6.42 Å². The van der Waals surface area contributed by atoms with Crippen LogP contribution in [-0.2, 0) is 9.53 Å². The molecule has 0 radical (unpaired) electrons. The van der Waals surface area contributed by atoms with Gasteiger partial charge in [0.1, 0.15) is 11.6 Å². The summed E-state index contributed by atoms with van der Waals surface area (Å²) in [6.45, 7) is 1.92. The van der Waals surface area contributed by atoms with E-state index in [2.05, 4.69) is 10.6 Å². The van der Waals surface area contributed by atoms with Crippen molar-refractivity contribution in [3.63, 3.8) is 0 Å². The Bertz CT molecular complexity index is 434. The highest BCUT2D eigenvalue weighted by Crippen LogP contribution is 2.15. The van der Waals surface area contributed by atoms with Crippen molar-refractivity contribution in [1.82, 2.24) is 5.32 Å². The van der Waals surface area contributed by atoms with Gasteiger partial charge in [0, 0.05) is 19.2 Å². The third kappa shape index (κ3) is 3.48. The Balaban J connectivity index is 1.90. The van der Waals surface area contributed by atoms with E-state index in [1.54, 1.807) is 0 Å². The summed E-state index contributed by atoms with van der Waals surface area (Å²) in [5.74, 6) is -1.81. The first kappa shape index (κ1) is 12.9. The van der Waals surface area contributed by atoms with Gasteiger partial charge < -0.3 is 15.4 Å². The molecule has 6 heteroatoms. The van der Waals surface area contributed by atoms with E-state index in [-0.39, 0.29) is 24.1 Å². The standard InChI is InChI=1S/C12H14F2N2O2/c13-8-1-2-11(10(14)5-8)16-12(17)6-9-7-15-3-4-18-9/h1-2,5,9,15H,3-4,6-7H2,(H,16,17). The van der Waals surface area contributed by atoms with Crippen LogP contribution in [-0.4, -0.2) is 31.7 Å². The number of carbonyl (C=O) groups excluding carboxylic acids is 1. The number of carbonyl (C=O) groups is 1. The van der Waals surface area contributed by atoms with E-state index >= 15 is 0 Å². The maximum absolute atomic E-state index is 13.3. The number of rotatable bonds is 3. The zero-order valence-electron chi connectivity index (χ0n) is 9.71. The summed E-state index contributed by atoms with van der Waals surface area (Å²) in [5.41, 5.74) is -0.0230. The summed E-state index contributed by atoms with van der Waals surface area (Å²) in [6, 6.07) is 3.02. The molecular weight excluding hydrogens is 242 g/mol. The number of halogens is 2. The van der Waals surface area contributed by atoms with Gasteiger partial charge in [-0.1, -0.05) is 0 Å². The van der Waals surface area contributed by atoms with Crippen LogP contribution in [0.15, 0.2) is 18.2 Å². The zero-order chi connectivity index (χ0) is 13.0. The topological polar surface area (TPSA) is 50.4 Å².